The van der Waals surface area contributed by atoms with Crippen LogP contribution in [0.25, 0.3) is 0 Å². The number of hydrogen-bond donors (Lipinski definition) is 1. The molecule has 1 saturated carbocycles. The predicted molar refractivity (Wildman–Crippen MR) is 42.6 cm³/mol. The van der Waals surface area contributed by atoms with Crippen molar-refractivity contribution < 1.29 is 14.4 Å². The number of nitrogens with one attached hydrogen (secondary N) is 1. The van der Waals surface area contributed by atoms with Crippen molar-refractivity contribution >= 4 is 17.8 Å². The van der Waals surface area contributed by atoms with Gasteiger partial charge < -0.3 is 0 Å². The van der Waals surface area contributed by atoms with E-state index in [-0.39, 0.29) is 0 Å². The summed E-state index contributed by atoms with van der Waals surface area (Å²) >= 11 is 0. The molecule has 0 bridgehead atoms. The Morgan fingerprint density at radius 1 is 1.31 bits per heavy atom. The Hall–Kier alpha value is -1.39. The molecule has 0 aromatic rings. The number of nitrogens with zero attached hydrogens (tertiary/aromatic N) is 1. The van der Waals surface area contributed by atoms with Crippen LogP contribution in [-0.2, 0) is 9.59 Å². The van der Waals surface area contributed by atoms with Gasteiger partial charge in [-0.2, -0.15) is 0 Å². The first-order valence-corrected chi connectivity index (χ1v) is 4.35. The zero-order valence-corrected chi connectivity index (χ0v) is 7.08. The van der Waals surface area contributed by atoms with Crippen LogP contribution >= 0.6 is 0 Å². The normalized spacial score (nSPS) is 22.5. The minimum Gasteiger partial charge on any atom is -0.269 e. The summed E-state index contributed by atoms with van der Waals surface area (Å²) < 4.78 is 0. The minimum absolute atomic E-state index is 0.376. The summed E-state index contributed by atoms with van der Waals surface area (Å²) in [6.07, 6.45) is 3.18. The number of carbonyl (C=O) groups is 3. The van der Waals surface area contributed by atoms with E-state index >= 15 is 0 Å². The molecule has 1 saturated heterocycles. The van der Waals surface area contributed by atoms with Gasteiger partial charge in [0.1, 0.15) is 0 Å². The summed E-state index contributed by atoms with van der Waals surface area (Å²) in [4.78, 5) is 33.8. The zero-order valence-electron chi connectivity index (χ0n) is 7.08. The summed E-state index contributed by atoms with van der Waals surface area (Å²) in [5.74, 6) is -0.872. The van der Waals surface area contributed by atoms with E-state index < -0.39 is 17.8 Å². The van der Waals surface area contributed by atoms with Crippen LogP contribution in [0.4, 0.5) is 4.79 Å². The third-order valence-electron chi connectivity index (χ3n) is 2.36. The standard InChI is InChI=1S/C8H10N2O3/c11-6-7(12)10(8(13)9-6)4-3-5-1-2-5/h5H,1-4H2,(H,9,11,13). The first-order valence-electron chi connectivity index (χ1n) is 4.35. The first-order chi connectivity index (χ1) is 6.18. The van der Waals surface area contributed by atoms with Gasteiger partial charge in [-0.1, -0.05) is 12.8 Å². The molecule has 0 radical (unpaired) electrons. The van der Waals surface area contributed by atoms with Crippen LogP contribution < -0.4 is 5.32 Å². The van der Waals surface area contributed by atoms with Crippen molar-refractivity contribution in [2.45, 2.75) is 19.3 Å². The Morgan fingerprint density at radius 2 is 2.00 bits per heavy atom. The molecule has 70 valence electrons. The van der Waals surface area contributed by atoms with Crippen LogP contribution in [0.2, 0.25) is 0 Å². The fourth-order valence-corrected chi connectivity index (χ4v) is 1.35. The first kappa shape index (κ1) is 8.22. The van der Waals surface area contributed by atoms with Gasteiger partial charge in [-0.05, 0) is 12.3 Å². The van der Waals surface area contributed by atoms with Crippen LogP contribution in [0.15, 0.2) is 0 Å². The molecule has 0 unspecified atom stereocenters. The highest BCUT2D eigenvalue weighted by Crippen LogP contribution is 2.32. The van der Waals surface area contributed by atoms with E-state index in [9.17, 15) is 14.4 Å². The second-order valence-corrected chi connectivity index (χ2v) is 3.45. The van der Waals surface area contributed by atoms with Crippen molar-refractivity contribution in [2.24, 2.45) is 5.92 Å². The Labute approximate surface area is 75.1 Å². The largest absolute Gasteiger partial charge is 0.331 e. The SMILES string of the molecule is O=C1NC(=O)N(CCC2CC2)C1=O. The fourth-order valence-electron chi connectivity index (χ4n) is 1.35. The molecule has 1 N–H and O–H groups in total. The second-order valence-electron chi connectivity index (χ2n) is 3.45. The van der Waals surface area contributed by atoms with E-state index in [0.717, 1.165) is 11.3 Å². The molecule has 0 atom stereocenters. The molecule has 0 aromatic heterocycles. The molecular weight excluding hydrogens is 172 g/mol. The molecule has 2 aliphatic rings. The summed E-state index contributed by atoms with van der Waals surface area (Å²) in [7, 11) is 0. The van der Waals surface area contributed by atoms with E-state index in [1.807, 2.05) is 5.32 Å². The van der Waals surface area contributed by atoms with Crippen molar-refractivity contribution in [3.8, 4) is 0 Å². The van der Waals surface area contributed by atoms with Gasteiger partial charge in [0.2, 0.25) is 0 Å². The number of urea groups is 1. The smallest absolute Gasteiger partial charge is 0.269 e. The van der Waals surface area contributed by atoms with Crippen molar-refractivity contribution in [1.82, 2.24) is 10.2 Å². The topological polar surface area (TPSA) is 66.5 Å². The molecule has 2 rings (SSSR count). The lowest BCUT2D eigenvalue weighted by Crippen LogP contribution is -2.32. The molecule has 2 fully saturated rings. The summed E-state index contributed by atoms with van der Waals surface area (Å²) in [6.45, 7) is 0.376. The number of rotatable bonds is 3. The maximum absolute atomic E-state index is 11.0. The number of imide groups is 2. The highest BCUT2D eigenvalue weighted by Gasteiger charge is 2.37. The third-order valence-corrected chi connectivity index (χ3v) is 2.36. The van der Waals surface area contributed by atoms with E-state index in [1.165, 1.54) is 12.8 Å². The van der Waals surface area contributed by atoms with Gasteiger partial charge in [0.25, 0.3) is 0 Å². The maximum atomic E-state index is 11.0. The van der Waals surface area contributed by atoms with Crippen molar-refractivity contribution in [2.75, 3.05) is 6.54 Å². The average molecular weight is 182 g/mol. The third kappa shape index (κ3) is 1.54. The maximum Gasteiger partial charge on any atom is 0.331 e. The van der Waals surface area contributed by atoms with Crippen LogP contribution in [-0.4, -0.2) is 29.3 Å². The lowest BCUT2D eigenvalue weighted by atomic mass is 10.3. The predicted octanol–water partition coefficient (Wildman–Crippen LogP) is -0.135. The number of hydrogen-bond acceptors (Lipinski definition) is 3. The fraction of sp³-hybridized carbons (Fsp3) is 0.625. The van der Waals surface area contributed by atoms with Crippen LogP contribution in [0.1, 0.15) is 19.3 Å². The van der Waals surface area contributed by atoms with Gasteiger partial charge in [-0.15, -0.1) is 0 Å². The Balaban J connectivity index is 1.92. The van der Waals surface area contributed by atoms with Crippen LogP contribution in [0, 0.1) is 5.92 Å². The summed E-state index contributed by atoms with van der Waals surface area (Å²) in [5, 5.41) is 1.96. The van der Waals surface area contributed by atoms with Crippen molar-refractivity contribution in [3.63, 3.8) is 0 Å². The lowest BCUT2D eigenvalue weighted by Gasteiger charge is -2.09. The second kappa shape index (κ2) is 2.83. The molecule has 1 heterocycles. The van der Waals surface area contributed by atoms with Gasteiger partial charge >= 0.3 is 17.8 Å². The number of carbonyl (C=O) groups excluding carboxylic acids is 3. The quantitative estimate of drug-likeness (QED) is 0.488. The van der Waals surface area contributed by atoms with Crippen molar-refractivity contribution in [1.29, 1.82) is 0 Å². The van der Waals surface area contributed by atoms with E-state index in [0.29, 0.717) is 12.5 Å². The van der Waals surface area contributed by atoms with Gasteiger partial charge in [0.05, 0.1) is 0 Å². The van der Waals surface area contributed by atoms with E-state index in [4.69, 9.17) is 0 Å². The van der Waals surface area contributed by atoms with E-state index in [2.05, 4.69) is 0 Å². The minimum atomic E-state index is -0.805. The lowest BCUT2D eigenvalue weighted by molar-refractivity contribution is -0.140. The Kier molecular flexibility index (Phi) is 1.79. The van der Waals surface area contributed by atoms with Crippen molar-refractivity contribution in [3.05, 3.63) is 0 Å². The highest BCUT2D eigenvalue weighted by atomic mass is 16.2. The van der Waals surface area contributed by atoms with Gasteiger partial charge in [0, 0.05) is 6.54 Å². The van der Waals surface area contributed by atoms with Crippen LogP contribution in [0.5, 0.6) is 0 Å². The van der Waals surface area contributed by atoms with Gasteiger partial charge in [-0.3, -0.25) is 19.8 Å². The molecule has 4 amide bonds. The molecule has 5 heteroatoms. The molecule has 0 aromatic carbocycles. The zero-order chi connectivity index (χ0) is 9.42. The molecular formula is C8H10N2O3. The summed E-state index contributed by atoms with van der Waals surface area (Å²) in [6, 6.07) is -0.573. The van der Waals surface area contributed by atoms with E-state index in [1.54, 1.807) is 0 Å². The van der Waals surface area contributed by atoms with Gasteiger partial charge in [-0.25, -0.2) is 4.79 Å². The Bertz CT molecular complexity index is 283. The highest BCUT2D eigenvalue weighted by molar-refractivity contribution is 6.44. The molecule has 5 nitrogen and oxygen atoms in total. The monoisotopic (exact) mass is 182 g/mol. The molecule has 0 spiro atoms. The van der Waals surface area contributed by atoms with Gasteiger partial charge in [0.15, 0.2) is 0 Å². The molecule has 1 aliphatic heterocycles. The molecule has 1 aliphatic carbocycles. The van der Waals surface area contributed by atoms with Crippen LogP contribution in [0.3, 0.4) is 0 Å². The average Bonchev–Trinajstić information content (AvgIpc) is 2.84. The molecule has 13 heavy (non-hydrogen) atoms. The summed E-state index contributed by atoms with van der Waals surface area (Å²) in [5.41, 5.74) is 0. The number of amides is 4. The Morgan fingerprint density at radius 3 is 2.46 bits per heavy atom.